The van der Waals surface area contributed by atoms with E-state index in [1.807, 2.05) is 0 Å². The fourth-order valence-corrected chi connectivity index (χ4v) is 6.98. The Bertz CT molecular complexity index is 333. The van der Waals surface area contributed by atoms with E-state index in [0.717, 1.165) is 40.9 Å². The lowest BCUT2D eigenvalue weighted by Gasteiger charge is -2.52. The first-order valence-electron chi connectivity index (χ1n) is 8.69. The standard InChI is InChI=1S/C18H30/c1-12-5-6-14-13(12)7-8-16-15(14)9-11-18(2)10-3-4-17(16)18/h12-17H,3-11H2,1-2H3. The van der Waals surface area contributed by atoms with Crippen molar-refractivity contribution in [1.82, 2.24) is 0 Å². The van der Waals surface area contributed by atoms with Crippen molar-refractivity contribution in [2.45, 2.75) is 71.6 Å². The second-order valence-electron chi connectivity index (χ2n) is 8.48. The molecule has 4 fully saturated rings. The third-order valence-corrected chi connectivity index (χ3v) is 7.89. The van der Waals surface area contributed by atoms with Gasteiger partial charge in [-0.2, -0.15) is 0 Å². The van der Waals surface area contributed by atoms with Gasteiger partial charge in [0.1, 0.15) is 0 Å². The first-order valence-corrected chi connectivity index (χ1v) is 8.69. The molecule has 18 heavy (non-hydrogen) atoms. The van der Waals surface area contributed by atoms with Crippen molar-refractivity contribution in [3.63, 3.8) is 0 Å². The molecule has 0 amide bonds. The topological polar surface area (TPSA) is 0 Å². The summed E-state index contributed by atoms with van der Waals surface area (Å²) in [6.07, 6.45) is 14.1. The highest BCUT2D eigenvalue weighted by atomic mass is 14.6. The maximum absolute atomic E-state index is 2.63. The van der Waals surface area contributed by atoms with Crippen molar-refractivity contribution in [3.8, 4) is 0 Å². The molecule has 4 aliphatic carbocycles. The molecule has 0 radical (unpaired) electrons. The first-order chi connectivity index (χ1) is 8.69. The zero-order valence-corrected chi connectivity index (χ0v) is 12.3. The maximum atomic E-state index is 2.63. The smallest absolute Gasteiger partial charge is 0.0295 e. The molecule has 0 nitrogen and oxygen atoms in total. The van der Waals surface area contributed by atoms with Crippen molar-refractivity contribution < 1.29 is 0 Å². The van der Waals surface area contributed by atoms with Crippen LogP contribution in [0.1, 0.15) is 71.6 Å². The molecule has 0 aromatic rings. The summed E-state index contributed by atoms with van der Waals surface area (Å²) in [7, 11) is 0. The van der Waals surface area contributed by atoms with Crippen LogP contribution >= 0.6 is 0 Å². The minimum atomic E-state index is 0.762. The average Bonchev–Trinajstić information content (AvgIpc) is 2.92. The molecule has 0 saturated heterocycles. The Labute approximate surface area is 113 Å². The molecule has 4 aliphatic rings. The molecule has 0 bridgehead atoms. The van der Waals surface area contributed by atoms with Gasteiger partial charge in [0.2, 0.25) is 0 Å². The molecule has 7 atom stereocenters. The predicted octanol–water partition coefficient (Wildman–Crippen LogP) is 5.28. The summed E-state index contributed by atoms with van der Waals surface area (Å²) in [5.41, 5.74) is 0.762. The van der Waals surface area contributed by atoms with Crippen molar-refractivity contribution in [3.05, 3.63) is 0 Å². The van der Waals surface area contributed by atoms with Crippen LogP contribution in [0.3, 0.4) is 0 Å². The molecule has 0 spiro atoms. The molecular formula is C18H30. The van der Waals surface area contributed by atoms with Crippen LogP contribution in [-0.4, -0.2) is 0 Å². The quantitative estimate of drug-likeness (QED) is 0.546. The highest BCUT2D eigenvalue weighted by Gasteiger charge is 2.54. The van der Waals surface area contributed by atoms with Crippen LogP contribution in [0, 0.1) is 40.9 Å². The summed E-state index contributed by atoms with van der Waals surface area (Å²) in [5, 5.41) is 0. The lowest BCUT2D eigenvalue weighted by atomic mass is 9.53. The van der Waals surface area contributed by atoms with Gasteiger partial charge in [-0.15, -0.1) is 0 Å². The van der Waals surface area contributed by atoms with E-state index in [2.05, 4.69) is 13.8 Å². The Morgan fingerprint density at radius 3 is 2.33 bits per heavy atom. The van der Waals surface area contributed by atoms with E-state index in [1.165, 1.54) is 6.42 Å². The average molecular weight is 246 g/mol. The monoisotopic (exact) mass is 246 g/mol. The predicted molar refractivity (Wildman–Crippen MR) is 76.3 cm³/mol. The van der Waals surface area contributed by atoms with Crippen LogP contribution in [-0.2, 0) is 0 Å². The zero-order valence-electron chi connectivity index (χ0n) is 12.3. The molecule has 102 valence electrons. The molecule has 0 aliphatic heterocycles. The summed E-state index contributed by atoms with van der Waals surface area (Å²) in [4.78, 5) is 0. The summed E-state index contributed by atoms with van der Waals surface area (Å²) in [6, 6.07) is 0. The largest absolute Gasteiger partial charge is 0.0622 e. The Balaban J connectivity index is 1.60. The lowest BCUT2D eigenvalue weighted by molar-refractivity contribution is -0.0329. The number of rotatable bonds is 0. The summed E-state index contributed by atoms with van der Waals surface area (Å²) < 4.78 is 0. The van der Waals surface area contributed by atoms with Gasteiger partial charge in [-0.1, -0.05) is 26.7 Å². The van der Waals surface area contributed by atoms with Crippen LogP contribution in [0.15, 0.2) is 0 Å². The maximum Gasteiger partial charge on any atom is -0.0295 e. The Morgan fingerprint density at radius 2 is 1.44 bits per heavy atom. The van der Waals surface area contributed by atoms with E-state index in [-0.39, 0.29) is 0 Å². The van der Waals surface area contributed by atoms with Crippen LogP contribution in [0.2, 0.25) is 0 Å². The zero-order chi connectivity index (χ0) is 12.3. The van der Waals surface area contributed by atoms with Crippen molar-refractivity contribution in [2.24, 2.45) is 40.9 Å². The molecule has 0 heteroatoms. The molecule has 0 heterocycles. The van der Waals surface area contributed by atoms with Gasteiger partial charge in [-0.05, 0) is 85.9 Å². The third kappa shape index (κ3) is 1.50. The van der Waals surface area contributed by atoms with Gasteiger partial charge in [0.05, 0.1) is 0 Å². The SMILES string of the molecule is CC1CCC2C1CCC1C2CCC2(C)CCCC12. The molecular weight excluding hydrogens is 216 g/mol. The summed E-state index contributed by atoms with van der Waals surface area (Å²) in [5.74, 6) is 6.71. The van der Waals surface area contributed by atoms with Gasteiger partial charge in [0, 0.05) is 0 Å². The molecule has 7 unspecified atom stereocenters. The second-order valence-corrected chi connectivity index (χ2v) is 8.48. The Hall–Kier alpha value is 0. The first kappa shape index (κ1) is 11.8. The molecule has 0 aromatic heterocycles. The van der Waals surface area contributed by atoms with Gasteiger partial charge in [0.15, 0.2) is 0 Å². The van der Waals surface area contributed by atoms with Gasteiger partial charge in [0.25, 0.3) is 0 Å². The number of fused-ring (bicyclic) bond motifs is 5. The highest BCUT2D eigenvalue weighted by Crippen LogP contribution is 2.63. The molecule has 0 N–H and O–H groups in total. The van der Waals surface area contributed by atoms with E-state index in [1.54, 1.807) is 51.4 Å². The van der Waals surface area contributed by atoms with Crippen molar-refractivity contribution in [1.29, 1.82) is 0 Å². The summed E-state index contributed by atoms with van der Waals surface area (Å²) in [6.45, 7) is 5.16. The van der Waals surface area contributed by atoms with E-state index >= 15 is 0 Å². The lowest BCUT2D eigenvalue weighted by Crippen LogP contribution is -2.45. The second kappa shape index (κ2) is 4.00. The van der Waals surface area contributed by atoms with E-state index in [0.29, 0.717) is 0 Å². The van der Waals surface area contributed by atoms with Crippen LogP contribution in [0.4, 0.5) is 0 Å². The minimum Gasteiger partial charge on any atom is -0.0622 e. The highest BCUT2D eigenvalue weighted by molar-refractivity contribution is 5.04. The van der Waals surface area contributed by atoms with Gasteiger partial charge >= 0.3 is 0 Å². The molecule has 4 rings (SSSR count). The summed E-state index contributed by atoms with van der Waals surface area (Å²) >= 11 is 0. The minimum absolute atomic E-state index is 0.762. The van der Waals surface area contributed by atoms with Gasteiger partial charge in [-0.25, -0.2) is 0 Å². The van der Waals surface area contributed by atoms with Crippen LogP contribution < -0.4 is 0 Å². The normalized spacial score (nSPS) is 59.0. The molecule has 0 aromatic carbocycles. The Morgan fingerprint density at radius 1 is 0.722 bits per heavy atom. The van der Waals surface area contributed by atoms with E-state index in [9.17, 15) is 0 Å². The van der Waals surface area contributed by atoms with Crippen LogP contribution in [0.5, 0.6) is 0 Å². The Kier molecular flexibility index (Phi) is 2.62. The number of hydrogen-bond acceptors (Lipinski definition) is 0. The van der Waals surface area contributed by atoms with E-state index in [4.69, 9.17) is 0 Å². The fourth-order valence-electron chi connectivity index (χ4n) is 6.98. The van der Waals surface area contributed by atoms with Crippen molar-refractivity contribution in [2.75, 3.05) is 0 Å². The van der Waals surface area contributed by atoms with Gasteiger partial charge < -0.3 is 0 Å². The number of hydrogen-bond donors (Lipinski definition) is 0. The van der Waals surface area contributed by atoms with Crippen molar-refractivity contribution >= 4 is 0 Å². The van der Waals surface area contributed by atoms with Crippen LogP contribution in [0.25, 0.3) is 0 Å². The third-order valence-electron chi connectivity index (χ3n) is 7.89. The van der Waals surface area contributed by atoms with E-state index < -0.39 is 0 Å². The fraction of sp³-hybridized carbons (Fsp3) is 1.00. The molecule has 4 saturated carbocycles. The van der Waals surface area contributed by atoms with Gasteiger partial charge in [-0.3, -0.25) is 0 Å².